The molecule has 0 amide bonds. The van der Waals surface area contributed by atoms with Gasteiger partial charge in [0.25, 0.3) is 0 Å². The lowest BCUT2D eigenvalue weighted by Crippen LogP contribution is -2.38. The van der Waals surface area contributed by atoms with Gasteiger partial charge in [-0.05, 0) is 66.9 Å². The number of tetrazole rings is 1. The number of hydrogen-bond acceptors (Lipinski definition) is 5. The third kappa shape index (κ3) is 3.21. The minimum absolute atomic E-state index is 0.0468. The molecule has 7 heteroatoms. The topological polar surface area (TPSA) is 63.9 Å². The largest absolute Gasteiger partial charge is 0.295 e. The molecule has 2 heterocycles. The molecule has 0 spiro atoms. The molecule has 4 rings (SSSR count). The fourth-order valence-corrected chi connectivity index (χ4v) is 3.38. The Morgan fingerprint density at radius 2 is 2.00 bits per heavy atom. The number of likely N-dealkylation sites (tertiary alicyclic amines) is 1. The Bertz CT molecular complexity index is 725. The van der Waals surface area contributed by atoms with Crippen molar-refractivity contribution in [2.45, 2.75) is 38.3 Å². The van der Waals surface area contributed by atoms with Gasteiger partial charge in [0.1, 0.15) is 5.82 Å². The fraction of sp³-hybridized carbons (Fsp3) is 0.529. The SMILES string of the molecule is O=C(c1ccc(F)cc1)C1CCCN(Cc2nnnn2C2CC2)C1. The van der Waals surface area contributed by atoms with E-state index in [1.165, 1.54) is 12.1 Å². The third-order valence-electron chi connectivity index (χ3n) is 4.82. The summed E-state index contributed by atoms with van der Waals surface area (Å²) in [5, 5.41) is 12.0. The molecule has 1 aliphatic carbocycles. The van der Waals surface area contributed by atoms with Crippen LogP contribution in [0, 0.1) is 11.7 Å². The molecule has 0 radical (unpaired) electrons. The van der Waals surface area contributed by atoms with Crippen molar-refractivity contribution in [2.24, 2.45) is 5.92 Å². The van der Waals surface area contributed by atoms with Gasteiger partial charge in [0.05, 0.1) is 12.6 Å². The number of nitrogens with zero attached hydrogens (tertiary/aromatic N) is 5. The highest BCUT2D eigenvalue weighted by molar-refractivity contribution is 5.98. The molecule has 24 heavy (non-hydrogen) atoms. The minimum atomic E-state index is -0.316. The lowest BCUT2D eigenvalue weighted by Gasteiger charge is -2.31. The second-order valence-corrected chi connectivity index (χ2v) is 6.72. The molecule has 2 fully saturated rings. The first kappa shape index (κ1) is 15.4. The van der Waals surface area contributed by atoms with Crippen molar-refractivity contribution in [2.75, 3.05) is 13.1 Å². The normalized spacial score (nSPS) is 21.8. The summed E-state index contributed by atoms with van der Waals surface area (Å²) >= 11 is 0. The van der Waals surface area contributed by atoms with E-state index in [1.54, 1.807) is 12.1 Å². The summed E-state index contributed by atoms with van der Waals surface area (Å²) in [6, 6.07) is 6.29. The Balaban J connectivity index is 1.42. The molecular formula is C17H20FN5O. The second-order valence-electron chi connectivity index (χ2n) is 6.72. The zero-order valence-electron chi connectivity index (χ0n) is 13.4. The van der Waals surface area contributed by atoms with Crippen molar-refractivity contribution in [3.63, 3.8) is 0 Å². The monoisotopic (exact) mass is 329 g/mol. The smallest absolute Gasteiger partial charge is 0.167 e. The highest BCUT2D eigenvalue weighted by Gasteiger charge is 2.30. The van der Waals surface area contributed by atoms with E-state index >= 15 is 0 Å². The van der Waals surface area contributed by atoms with E-state index in [9.17, 15) is 9.18 Å². The van der Waals surface area contributed by atoms with Gasteiger partial charge in [-0.2, -0.15) is 0 Å². The molecule has 1 unspecified atom stereocenters. The Labute approximate surface area is 139 Å². The van der Waals surface area contributed by atoms with Crippen molar-refractivity contribution in [3.8, 4) is 0 Å². The maximum absolute atomic E-state index is 13.0. The number of Topliss-reactive ketones (excluding diaryl/α,β-unsaturated/α-hetero) is 1. The standard InChI is InChI=1S/C17H20FN5O/c18-14-5-3-12(4-6-14)17(24)13-2-1-9-22(10-13)11-16-19-20-21-23(16)15-7-8-15/h3-6,13,15H,1-2,7-11H2. The number of aromatic nitrogens is 4. The average Bonchev–Trinajstić information content (AvgIpc) is 3.35. The maximum atomic E-state index is 13.0. The van der Waals surface area contributed by atoms with E-state index in [-0.39, 0.29) is 17.5 Å². The molecule has 1 aromatic carbocycles. The first-order chi connectivity index (χ1) is 11.7. The number of rotatable bonds is 5. The number of halogens is 1. The van der Waals surface area contributed by atoms with Crippen LogP contribution in [-0.4, -0.2) is 44.0 Å². The maximum Gasteiger partial charge on any atom is 0.167 e. The van der Waals surface area contributed by atoms with E-state index in [0.717, 1.165) is 38.1 Å². The highest BCUT2D eigenvalue weighted by Crippen LogP contribution is 2.34. The van der Waals surface area contributed by atoms with Gasteiger partial charge >= 0.3 is 0 Å². The van der Waals surface area contributed by atoms with Crippen molar-refractivity contribution in [1.29, 1.82) is 0 Å². The molecule has 1 aliphatic heterocycles. The molecule has 1 saturated heterocycles. The first-order valence-electron chi connectivity index (χ1n) is 8.49. The predicted molar refractivity (Wildman–Crippen MR) is 84.8 cm³/mol. The van der Waals surface area contributed by atoms with Crippen molar-refractivity contribution in [3.05, 3.63) is 41.5 Å². The summed E-state index contributed by atoms with van der Waals surface area (Å²) < 4.78 is 15.0. The van der Waals surface area contributed by atoms with Crippen LogP contribution in [0.1, 0.15) is 47.9 Å². The van der Waals surface area contributed by atoms with Gasteiger partial charge < -0.3 is 0 Å². The summed E-state index contributed by atoms with van der Waals surface area (Å²) in [6.45, 7) is 2.33. The van der Waals surface area contributed by atoms with Crippen LogP contribution in [0.3, 0.4) is 0 Å². The molecule has 126 valence electrons. The van der Waals surface area contributed by atoms with Crippen molar-refractivity contribution < 1.29 is 9.18 Å². The van der Waals surface area contributed by atoms with Crippen LogP contribution in [0.5, 0.6) is 0 Å². The molecule has 6 nitrogen and oxygen atoms in total. The van der Waals surface area contributed by atoms with Crippen molar-refractivity contribution >= 4 is 5.78 Å². The summed E-state index contributed by atoms with van der Waals surface area (Å²) in [5.74, 6) is 0.618. The Hall–Kier alpha value is -2.15. The summed E-state index contributed by atoms with van der Waals surface area (Å²) in [4.78, 5) is 14.9. The van der Waals surface area contributed by atoms with Gasteiger partial charge in [-0.25, -0.2) is 9.07 Å². The van der Waals surface area contributed by atoms with Crippen LogP contribution in [-0.2, 0) is 6.54 Å². The molecule has 0 N–H and O–H groups in total. The molecule has 0 bridgehead atoms. The molecule has 1 aromatic heterocycles. The van der Waals surface area contributed by atoms with Crippen LogP contribution in [0.2, 0.25) is 0 Å². The predicted octanol–water partition coefficient (Wildman–Crippen LogP) is 2.24. The second kappa shape index (κ2) is 6.39. The van der Waals surface area contributed by atoms with E-state index < -0.39 is 0 Å². The molecule has 2 aromatic rings. The van der Waals surface area contributed by atoms with E-state index in [4.69, 9.17) is 0 Å². The van der Waals surface area contributed by atoms with E-state index in [1.807, 2.05) is 4.68 Å². The number of benzene rings is 1. The molecule has 1 atom stereocenters. The molecule has 2 aliphatic rings. The summed E-state index contributed by atoms with van der Waals surface area (Å²) in [7, 11) is 0. The number of hydrogen-bond donors (Lipinski definition) is 0. The van der Waals surface area contributed by atoms with Crippen LogP contribution in [0.4, 0.5) is 4.39 Å². The number of carbonyl (C=O) groups is 1. The number of ketones is 1. The lowest BCUT2D eigenvalue weighted by atomic mass is 9.90. The van der Waals surface area contributed by atoms with E-state index in [0.29, 0.717) is 24.7 Å². The van der Waals surface area contributed by atoms with Gasteiger partial charge in [-0.3, -0.25) is 9.69 Å². The first-order valence-corrected chi connectivity index (χ1v) is 8.49. The Kier molecular flexibility index (Phi) is 4.10. The van der Waals surface area contributed by atoms with Gasteiger partial charge in [0.2, 0.25) is 0 Å². The molecule has 1 saturated carbocycles. The van der Waals surface area contributed by atoms with E-state index in [2.05, 4.69) is 20.4 Å². The number of carbonyl (C=O) groups excluding carboxylic acids is 1. The zero-order valence-corrected chi connectivity index (χ0v) is 13.4. The Morgan fingerprint density at radius 3 is 2.75 bits per heavy atom. The highest BCUT2D eigenvalue weighted by atomic mass is 19.1. The van der Waals surface area contributed by atoms with Gasteiger partial charge in [0, 0.05) is 18.0 Å². The number of piperidine rings is 1. The summed E-state index contributed by atoms with van der Waals surface area (Å²) in [5.41, 5.74) is 0.589. The van der Waals surface area contributed by atoms with Gasteiger partial charge in [-0.15, -0.1) is 5.10 Å². The summed E-state index contributed by atoms with van der Waals surface area (Å²) in [6.07, 6.45) is 4.14. The van der Waals surface area contributed by atoms with Crippen LogP contribution >= 0.6 is 0 Å². The zero-order chi connectivity index (χ0) is 16.5. The van der Waals surface area contributed by atoms with Crippen LogP contribution in [0.15, 0.2) is 24.3 Å². The lowest BCUT2D eigenvalue weighted by molar-refractivity contribution is 0.0806. The van der Waals surface area contributed by atoms with Crippen molar-refractivity contribution in [1.82, 2.24) is 25.1 Å². The van der Waals surface area contributed by atoms with Crippen LogP contribution in [0.25, 0.3) is 0 Å². The quantitative estimate of drug-likeness (QED) is 0.787. The third-order valence-corrected chi connectivity index (χ3v) is 4.82. The minimum Gasteiger partial charge on any atom is -0.295 e. The van der Waals surface area contributed by atoms with Crippen LogP contribution < -0.4 is 0 Å². The average molecular weight is 329 g/mol. The van der Waals surface area contributed by atoms with Gasteiger partial charge in [-0.1, -0.05) is 0 Å². The molecular weight excluding hydrogens is 309 g/mol. The fourth-order valence-electron chi connectivity index (χ4n) is 3.38. The Morgan fingerprint density at radius 1 is 1.21 bits per heavy atom. The van der Waals surface area contributed by atoms with Gasteiger partial charge in [0.15, 0.2) is 11.6 Å².